The number of rotatable bonds is 6. The molecule has 1 aromatic carbocycles. The van der Waals surface area contributed by atoms with Gasteiger partial charge in [-0.1, -0.05) is 37.6 Å². The maximum Gasteiger partial charge on any atom is 0.0945 e. The van der Waals surface area contributed by atoms with Gasteiger partial charge in [0.15, 0.2) is 0 Å². The molecule has 0 spiro atoms. The minimum absolute atomic E-state index is 0.706. The van der Waals surface area contributed by atoms with E-state index < -0.39 is 0 Å². The molecule has 0 unspecified atom stereocenters. The zero-order valence-corrected chi connectivity index (χ0v) is 13.7. The van der Waals surface area contributed by atoms with E-state index >= 15 is 0 Å². The van der Waals surface area contributed by atoms with E-state index in [2.05, 4.69) is 56.6 Å². The molecule has 3 heteroatoms. The van der Waals surface area contributed by atoms with Gasteiger partial charge in [0.25, 0.3) is 0 Å². The Morgan fingerprint density at radius 1 is 1.25 bits per heavy atom. The van der Waals surface area contributed by atoms with Crippen LogP contribution in [0.2, 0.25) is 0 Å². The molecule has 2 rings (SSSR count). The Balaban J connectivity index is 1.98. The van der Waals surface area contributed by atoms with Gasteiger partial charge in [0.1, 0.15) is 0 Å². The summed E-state index contributed by atoms with van der Waals surface area (Å²) in [6, 6.07) is 6.56. The summed E-state index contributed by atoms with van der Waals surface area (Å²) in [5, 5.41) is 6.86. The number of thiazole rings is 1. The van der Waals surface area contributed by atoms with E-state index in [4.69, 9.17) is 4.98 Å². The van der Waals surface area contributed by atoms with Crippen LogP contribution < -0.4 is 5.32 Å². The summed E-state index contributed by atoms with van der Waals surface area (Å²) < 4.78 is 0. The van der Waals surface area contributed by atoms with Crippen molar-refractivity contribution in [2.24, 2.45) is 5.92 Å². The number of nitrogens with one attached hydrogen (secondary N) is 1. The maximum absolute atomic E-state index is 4.77. The number of aromatic nitrogens is 1. The van der Waals surface area contributed by atoms with E-state index in [1.54, 1.807) is 11.3 Å². The molecular weight excluding hydrogens is 264 g/mol. The molecule has 0 fully saturated rings. The predicted molar refractivity (Wildman–Crippen MR) is 88.4 cm³/mol. The van der Waals surface area contributed by atoms with Gasteiger partial charge in [-0.15, -0.1) is 11.3 Å². The van der Waals surface area contributed by atoms with Crippen molar-refractivity contribution in [1.82, 2.24) is 10.3 Å². The Hall–Kier alpha value is -1.19. The van der Waals surface area contributed by atoms with Gasteiger partial charge in [-0.25, -0.2) is 4.98 Å². The number of hydrogen-bond acceptors (Lipinski definition) is 3. The van der Waals surface area contributed by atoms with Crippen LogP contribution in [0.3, 0.4) is 0 Å². The molecule has 0 radical (unpaired) electrons. The summed E-state index contributed by atoms with van der Waals surface area (Å²) in [6.45, 7) is 10.8. The van der Waals surface area contributed by atoms with Crippen molar-refractivity contribution in [3.05, 3.63) is 39.7 Å². The van der Waals surface area contributed by atoms with Crippen LogP contribution in [0.15, 0.2) is 23.6 Å². The molecule has 20 heavy (non-hydrogen) atoms. The molecule has 0 saturated carbocycles. The first-order valence-electron chi connectivity index (χ1n) is 7.29. The SMILES string of the molecule is Cc1ccc(-c2csc(CCNCC(C)C)n2)c(C)c1. The van der Waals surface area contributed by atoms with Gasteiger partial charge in [0.2, 0.25) is 0 Å². The van der Waals surface area contributed by atoms with Crippen LogP contribution in [0.4, 0.5) is 0 Å². The molecule has 2 nitrogen and oxygen atoms in total. The fourth-order valence-electron chi connectivity index (χ4n) is 2.24. The van der Waals surface area contributed by atoms with Gasteiger partial charge in [0, 0.05) is 23.9 Å². The first-order chi connectivity index (χ1) is 9.56. The summed E-state index contributed by atoms with van der Waals surface area (Å²) in [5.74, 6) is 0.706. The predicted octanol–water partition coefficient (Wildman–Crippen LogP) is 4.22. The monoisotopic (exact) mass is 288 g/mol. The lowest BCUT2D eigenvalue weighted by molar-refractivity contribution is 0.554. The lowest BCUT2D eigenvalue weighted by Gasteiger charge is -2.05. The van der Waals surface area contributed by atoms with E-state index in [-0.39, 0.29) is 0 Å². The number of aryl methyl sites for hydroxylation is 2. The van der Waals surface area contributed by atoms with Crippen LogP contribution in [-0.4, -0.2) is 18.1 Å². The smallest absolute Gasteiger partial charge is 0.0945 e. The topological polar surface area (TPSA) is 24.9 Å². The highest BCUT2D eigenvalue weighted by Gasteiger charge is 2.07. The largest absolute Gasteiger partial charge is 0.316 e. The summed E-state index contributed by atoms with van der Waals surface area (Å²) >= 11 is 1.77. The lowest BCUT2D eigenvalue weighted by Crippen LogP contribution is -2.22. The first kappa shape index (κ1) is 15.2. The highest BCUT2D eigenvalue weighted by Crippen LogP contribution is 2.25. The molecule has 0 amide bonds. The van der Waals surface area contributed by atoms with E-state index in [0.717, 1.165) is 25.2 Å². The fourth-order valence-corrected chi connectivity index (χ4v) is 3.03. The van der Waals surface area contributed by atoms with Crippen LogP contribution in [0.5, 0.6) is 0 Å². The molecular formula is C17H24N2S. The maximum atomic E-state index is 4.77. The second kappa shape index (κ2) is 7.00. The lowest BCUT2D eigenvalue weighted by atomic mass is 10.0. The van der Waals surface area contributed by atoms with Crippen molar-refractivity contribution >= 4 is 11.3 Å². The van der Waals surface area contributed by atoms with Crippen LogP contribution in [0.1, 0.15) is 30.0 Å². The van der Waals surface area contributed by atoms with Gasteiger partial charge in [-0.2, -0.15) is 0 Å². The van der Waals surface area contributed by atoms with Gasteiger partial charge in [-0.3, -0.25) is 0 Å². The first-order valence-corrected chi connectivity index (χ1v) is 8.17. The standard InChI is InChI=1S/C17H24N2S/c1-12(2)10-18-8-7-17-19-16(11-20-17)15-6-5-13(3)9-14(15)4/h5-6,9,11-12,18H,7-8,10H2,1-4H3. The number of nitrogens with zero attached hydrogens (tertiary/aromatic N) is 1. The molecule has 0 aliphatic heterocycles. The second-order valence-electron chi connectivity index (χ2n) is 5.79. The second-order valence-corrected chi connectivity index (χ2v) is 6.74. The van der Waals surface area contributed by atoms with Crippen molar-refractivity contribution < 1.29 is 0 Å². The van der Waals surface area contributed by atoms with Crippen molar-refractivity contribution in [1.29, 1.82) is 0 Å². The third-order valence-electron chi connectivity index (χ3n) is 3.28. The average molecular weight is 288 g/mol. The summed E-state index contributed by atoms with van der Waals surface area (Å²) in [7, 11) is 0. The van der Waals surface area contributed by atoms with Gasteiger partial charge < -0.3 is 5.32 Å². The molecule has 1 aromatic heterocycles. The van der Waals surface area contributed by atoms with E-state index in [1.165, 1.54) is 21.7 Å². The van der Waals surface area contributed by atoms with E-state index in [9.17, 15) is 0 Å². The molecule has 0 atom stereocenters. The van der Waals surface area contributed by atoms with Crippen molar-refractivity contribution in [2.75, 3.05) is 13.1 Å². The molecule has 1 heterocycles. The minimum atomic E-state index is 0.706. The molecule has 0 aliphatic rings. The Morgan fingerprint density at radius 3 is 2.75 bits per heavy atom. The van der Waals surface area contributed by atoms with Gasteiger partial charge in [0.05, 0.1) is 10.7 Å². The fraction of sp³-hybridized carbons (Fsp3) is 0.471. The van der Waals surface area contributed by atoms with Crippen LogP contribution in [0.25, 0.3) is 11.3 Å². The third kappa shape index (κ3) is 4.15. The Kier molecular flexibility index (Phi) is 5.32. The quantitative estimate of drug-likeness (QED) is 0.805. The average Bonchev–Trinajstić information content (AvgIpc) is 2.83. The Labute approximate surface area is 126 Å². The normalized spacial score (nSPS) is 11.2. The van der Waals surface area contributed by atoms with Gasteiger partial charge in [-0.05, 0) is 31.9 Å². The van der Waals surface area contributed by atoms with E-state index in [0.29, 0.717) is 5.92 Å². The molecule has 0 bridgehead atoms. The Morgan fingerprint density at radius 2 is 2.05 bits per heavy atom. The van der Waals surface area contributed by atoms with Crippen LogP contribution in [0, 0.1) is 19.8 Å². The van der Waals surface area contributed by atoms with Crippen molar-refractivity contribution in [2.45, 2.75) is 34.1 Å². The molecule has 108 valence electrons. The summed E-state index contributed by atoms with van der Waals surface area (Å²) in [4.78, 5) is 4.77. The van der Waals surface area contributed by atoms with Gasteiger partial charge >= 0.3 is 0 Å². The van der Waals surface area contributed by atoms with E-state index in [1.807, 2.05) is 0 Å². The highest BCUT2D eigenvalue weighted by molar-refractivity contribution is 7.09. The van der Waals surface area contributed by atoms with Crippen LogP contribution in [-0.2, 0) is 6.42 Å². The molecule has 2 aromatic rings. The zero-order valence-electron chi connectivity index (χ0n) is 12.9. The molecule has 0 saturated heterocycles. The zero-order chi connectivity index (χ0) is 14.5. The summed E-state index contributed by atoms with van der Waals surface area (Å²) in [6.07, 6.45) is 1.02. The summed E-state index contributed by atoms with van der Waals surface area (Å²) in [5.41, 5.74) is 4.99. The third-order valence-corrected chi connectivity index (χ3v) is 4.19. The molecule has 1 N–H and O–H groups in total. The Bertz CT molecular complexity index is 558. The highest BCUT2D eigenvalue weighted by atomic mass is 32.1. The number of benzene rings is 1. The van der Waals surface area contributed by atoms with Crippen molar-refractivity contribution in [3.8, 4) is 11.3 Å². The minimum Gasteiger partial charge on any atom is -0.316 e. The molecule has 0 aliphatic carbocycles. The van der Waals surface area contributed by atoms with Crippen LogP contribution >= 0.6 is 11.3 Å². The number of hydrogen-bond donors (Lipinski definition) is 1. The van der Waals surface area contributed by atoms with Crippen molar-refractivity contribution in [3.63, 3.8) is 0 Å².